The molecule has 1 aromatic rings. The van der Waals surface area contributed by atoms with Crippen molar-refractivity contribution >= 4 is 16.0 Å². The SMILES string of the molecule is CC(CC#N)NS(=O)(=O)c1cnn(CCC(=O)O)c1. The number of hydrogen-bond donors (Lipinski definition) is 2. The maximum Gasteiger partial charge on any atom is 0.305 e. The van der Waals surface area contributed by atoms with Crippen molar-refractivity contribution in [1.29, 1.82) is 5.26 Å². The molecule has 104 valence electrons. The van der Waals surface area contributed by atoms with Gasteiger partial charge < -0.3 is 5.11 Å². The molecule has 1 heterocycles. The highest BCUT2D eigenvalue weighted by atomic mass is 32.2. The summed E-state index contributed by atoms with van der Waals surface area (Å²) in [5, 5.41) is 20.8. The number of carboxylic acid groups (broad SMARTS) is 1. The molecule has 0 spiro atoms. The van der Waals surface area contributed by atoms with E-state index in [2.05, 4.69) is 9.82 Å². The molecule has 0 saturated heterocycles. The number of aryl methyl sites for hydroxylation is 1. The van der Waals surface area contributed by atoms with Crippen molar-refractivity contribution < 1.29 is 18.3 Å². The number of nitrogens with one attached hydrogen (secondary N) is 1. The second-order valence-corrected chi connectivity index (χ2v) is 5.68. The first-order valence-corrected chi connectivity index (χ1v) is 6.97. The van der Waals surface area contributed by atoms with E-state index in [0.717, 1.165) is 6.20 Å². The van der Waals surface area contributed by atoms with E-state index < -0.39 is 22.0 Å². The van der Waals surface area contributed by atoms with Crippen molar-refractivity contribution in [1.82, 2.24) is 14.5 Å². The monoisotopic (exact) mass is 286 g/mol. The van der Waals surface area contributed by atoms with Crippen molar-refractivity contribution in [2.24, 2.45) is 0 Å². The zero-order valence-electron chi connectivity index (χ0n) is 10.3. The summed E-state index contributed by atoms with van der Waals surface area (Å²) in [6.45, 7) is 1.67. The third kappa shape index (κ3) is 4.69. The van der Waals surface area contributed by atoms with Crippen molar-refractivity contribution in [3.8, 4) is 6.07 Å². The van der Waals surface area contributed by atoms with Crippen LogP contribution in [0.25, 0.3) is 0 Å². The van der Waals surface area contributed by atoms with Gasteiger partial charge >= 0.3 is 5.97 Å². The summed E-state index contributed by atoms with van der Waals surface area (Å²) >= 11 is 0. The highest BCUT2D eigenvalue weighted by Gasteiger charge is 2.19. The Morgan fingerprint density at radius 3 is 2.95 bits per heavy atom. The molecule has 0 aliphatic carbocycles. The van der Waals surface area contributed by atoms with Crippen LogP contribution in [0.4, 0.5) is 0 Å². The Bertz CT molecular complexity index is 587. The van der Waals surface area contributed by atoms with E-state index in [9.17, 15) is 13.2 Å². The maximum atomic E-state index is 11.9. The van der Waals surface area contributed by atoms with Crippen LogP contribution in [0.15, 0.2) is 17.3 Å². The Balaban J connectivity index is 2.74. The fourth-order valence-electron chi connectivity index (χ4n) is 1.33. The minimum Gasteiger partial charge on any atom is -0.481 e. The summed E-state index contributed by atoms with van der Waals surface area (Å²) in [5.74, 6) is -0.985. The third-order valence-corrected chi connectivity index (χ3v) is 3.77. The van der Waals surface area contributed by atoms with Crippen LogP contribution in [0.1, 0.15) is 19.8 Å². The van der Waals surface area contributed by atoms with E-state index in [1.54, 1.807) is 6.92 Å². The molecule has 0 saturated carbocycles. The highest BCUT2D eigenvalue weighted by Crippen LogP contribution is 2.08. The number of hydrogen-bond acceptors (Lipinski definition) is 5. The number of rotatable bonds is 7. The van der Waals surface area contributed by atoms with Crippen LogP contribution >= 0.6 is 0 Å². The molecular weight excluding hydrogens is 272 g/mol. The molecule has 0 fully saturated rings. The molecule has 2 N–H and O–H groups in total. The van der Waals surface area contributed by atoms with E-state index in [0.29, 0.717) is 0 Å². The molecule has 0 aromatic carbocycles. The summed E-state index contributed by atoms with van der Waals surface area (Å²) < 4.78 is 27.3. The first-order valence-electron chi connectivity index (χ1n) is 5.48. The number of aliphatic carboxylic acids is 1. The summed E-state index contributed by atoms with van der Waals surface area (Å²) in [5.41, 5.74) is 0. The Morgan fingerprint density at radius 1 is 1.68 bits per heavy atom. The Hall–Kier alpha value is -1.92. The zero-order valence-corrected chi connectivity index (χ0v) is 11.1. The van der Waals surface area contributed by atoms with Crippen LogP contribution in [0.2, 0.25) is 0 Å². The number of nitriles is 1. The van der Waals surface area contributed by atoms with Crippen LogP contribution in [-0.4, -0.2) is 35.3 Å². The Labute approximate surface area is 110 Å². The lowest BCUT2D eigenvalue weighted by atomic mass is 10.3. The lowest BCUT2D eigenvalue weighted by Crippen LogP contribution is -2.32. The first-order chi connectivity index (χ1) is 8.85. The number of nitrogens with zero attached hydrogens (tertiary/aromatic N) is 3. The standard InChI is InChI=1S/C10H14N4O4S/c1-8(2-4-11)13-19(17,18)9-6-12-14(7-9)5-3-10(15)16/h6-8,13H,2-3,5H2,1H3,(H,15,16). The molecule has 0 amide bonds. The van der Waals surface area contributed by atoms with Gasteiger partial charge in [0.2, 0.25) is 10.0 Å². The van der Waals surface area contributed by atoms with Crippen LogP contribution < -0.4 is 4.72 Å². The van der Waals surface area contributed by atoms with Gasteiger partial charge in [-0.05, 0) is 6.92 Å². The van der Waals surface area contributed by atoms with Crippen molar-refractivity contribution in [3.05, 3.63) is 12.4 Å². The van der Waals surface area contributed by atoms with Gasteiger partial charge in [-0.2, -0.15) is 10.4 Å². The van der Waals surface area contributed by atoms with Gasteiger partial charge in [-0.1, -0.05) is 0 Å². The largest absolute Gasteiger partial charge is 0.481 e. The molecule has 8 nitrogen and oxygen atoms in total. The fourth-order valence-corrected chi connectivity index (χ4v) is 2.52. The topological polar surface area (TPSA) is 125 Å². The van der Waals surface area contributed by atoms with E-state index in [4.69, 9.17) is 10.4 Å². The summed E-state index contributed by atoms with van der Waals surface area (Å²) in [6, 6.07) is 1.36. The fraction of sp³-hybridized carbons (Fsp3) is 0.500. The molecule has 0 radical (unpaired) electrons. The van der Waals surface area contributed by atoms with Gasteiger partial charge in [0.15, 0.2) is 0 Å². The van der Waals surface area contributed by atoms with Gasteiger partial charge in [0.1, 0.15) is 4.90 Å². The first kappa shape index (κ1) is 15.1. The normalized spacial score (nSPS) is 12.8. The molecule has 1 atom stereocenters. The molecule has 1 unspecified atom stereocenters. The number of carboxylic acids is 1. The molecule has 19 heavy (non-hydrogen) atoms. The van der Waals surface area contributed by atoms with Crippen molar-refractivity contribution in [3.63, 3.8) is 0 Å². The van der Waals surface area contributed by atoms with Crippen molar-refractivity contribution in [2.45, 2.75) is 37.2 Å². The molecule has 1 aromatic heterocycles. The van der Waals surface area contributed by atoms with Crippen LogP contribution in [0.3, 0.4) is 0 Å². The molecule has 0 aliphatic rings. The molecule has 0 bridgehead atoms. The molecule has 9 heteroatoms. The minimum atomic E-state index is -3.73. The van der Waals surface area contributed by atoms with Gasteiger partial charge in [0, 0.05) is 12.2 Å². The molecule has 1 rings (SSSR count). The van der Waals surface area contributed by atoms with Crippen LogP contribution in [0, 0.1) is 11.3 Å². The number of carbonyl (C=O) groups is 1. The maximum absolute atomic E-state index is 11.9. The van der Waals surface area contributed by atoms with Gasteiger partial charge in [-0.25, -0.2) is 13.1 Å². The van der Waals surface area contributed by atoms with E-state index >= 15 is 0 Å². The summed E-state index contributed by atoms with van der Waals surface area (Å²) in [7, 11) is -3.73. The minimum absolute atomic E-state index is 0.0531. The average molecular weight is 286 g/mol. The van der Waals surface area contributed by atoms with Gasteiger partial charge in [0.25, 0.3) is 0 Å². The second-order valence-electron chi connectivity index (χ2n) is 3.97. The van der Waals surface area contributed by atoms with Gasteiger partial charge in [0.05, 0.1) is 31.7 Å². The summed E-state index contributed by atoms with van der Waals surface area (Å²) in [6.07, 6.45) is 2.32. The zero-order chi connectivity index (χ0) is 14.5. The molecule has 0 aliphatic heterocycles. The Morgan fingerprint density at radius 2 is 2.37 bits per heavy atom. The van der Waals surface area contributed by atoms with Crippen LogP contribution in [-0.2, 0) is 21.4 Å². The van der Waals surface area contributed by atoms with Crippen LogP contribution in [0.5, 0.6) is 0 Å². The Kier molecular flexibility index (Phi) is 5.02. The number of sulfonamides is 1. The van der Waals surface area contributed by atoms with E-state index in [1.165, 1.54) is 10.9 Å². The number of aromatic nitrogens is 2. The van der Waals surface area contributed by atoms with Gasteiger partial charge in [-0.3, -0.25) is 9.48 Å². The molecular formula is C10H14N4O4S. The lowest BCUT2D eigenvalue weighted by Gasteiger charge is -2.09. The smallest absolute Gasteiger partial charge is 0.305 e. The second kappa shape index (κ2) is 6.31. The summed E-state index contributed by atoms with van der Waals surface area (Å²) in [4.78, 5) is 10.3. The van der Waals surface area contributed by atoms with Crippen molar-refractivity contribution in [2.75, 3.05) is 0 Å². The highest BCUT2D eigenvalue weighted by molar-refractivity contribution is 7.89. The lowest BCUT2D eigenvalue weighted by molar-refractivity contribution is -0.137. The predicted molar refractivity (Wildman–Crippen MR) is 64.5 cm³/mol. The quantitative estimate of drug-likeness (QED) is 0.723. The predicted octanol–water partition coefficient (Wildman–Crippen LogP) is -0.0617. The van der Waals surface area contributed by atoms with E-state index in [-0.39, 0.29) is 24.3 Å². The average Bonchev–Trinajstić information content (AvgIpc) is 2.75. The third-order valence-electron chi connectivity index (χ3n) is 2.23. The van der Waals surface area contributed by atoms with Gasteiger partial charge in [-0.15, -0.1) is 0 Å². The van der Waals surface area contributed by atoms with E-state index in [1.807, 2.05) is 6.07 Å².